The van der Waals surface area contributed by atoms with Crippen LogP contribution < -0.4 is 21.7 Å². The maximum atomic E-state index is 13.2. The number of fused-ring (bicyclic) bond motifs is 1. The number of rotatable bonds is 13. The van der Waals surface area contributed by atoms with Gasteiger partial charge in [-0.3, -0.25) is 14.4 Å². The number of phenols is 1. The molecule has 0 aliphatic carbocycles. The standard InChI is InChI=1S/C26H31N5O6S2/c27-18(9-14-5-7-16(32)8-6-14)23(33)30-21(12-38)25(35)29-20(24(34)31-22(13-39)26(36)37)10-15-11-28-19-4-2-1-3-17(15)19/h1-8,11,18,20-22,28,32,38-39H,9-10,12-13,27H2,(H,29,35)(H,30,33)(H,31,34)(H,36,37). The van der Waals surface area contributed by atoms with Crippen molar-refractivity contribution in [1.29, 1.82) is 0 Å². The molecule has 0 saturated heterocycles. The molecule has 0 aliphatic heterocycles. The van der Waals surface area contributed by atoms with Crippen molar-refractivity contribution in [3.63, 3.8) is 0 Å². The van der Waals surface area contributed by atoms with Crippen molar-refractivity contribution >= 4 is 59.9 Å². The lowest BCUT2D eigenvalue weighted by molar-refractivity contribution is -0.141. The number of aliphatic carboxylic acids is 1. The van der Waals surface area contributed by atoms with Crippen LogP contribution in [-0.4, -0.2) is 74.6 Å². The SMILES string of the molecule is NC(Cc1ccc(O)cc1)C(=O)NC(CS)C(=O)NC(Cc1c[nH]c2ccccc12)C(=O)NC(CS)C(=O)O. The van der Waals surface area contributed by atoms with Crippen molar-refractivity contribution in [2.24, 2.45) is 5.73 Å². The number of aromatic hydroxyl groups is 1. The number of phenolic OH excluding ortho intramolecular Hbond substituents is 1. The number of nitrogens with two attached hydrogens (primary N) is 1. The van der Waals surface area contributed by atoms with Crippen LogP contribution in [0.3, 0.4) is 0 Å². The lowest BCUT2D eigenvalue weighted by Gasteiger charge is -2.24. The fraction of sp³-hybridized carbons (Fsp3) is 0.308. The second-order valence-corrected chi connectivity index (χ2v) is 9.66. The summed E-state index contributed by atoms with van der Waals surface area (Å²) < 4.78 is 0. The number of aromatic nitrogens is 1. The summed E-state index contributed by atoms with van der Waals surface area (Å²) in [5.41, 5.74) is 8.30. The summed E-state index contributed by atoms with van der Waals surface area (Å²) in [7, 11) is 0. The fourth-order valence-corrected chi connectivity index (χ4v) is 4.42. The zero-order valence-corrected chi connectivity index (χ0v) is 22.6. The van der Waals surface area contributed by atoms with Crippen molar-refractivity contribution in [2.45, 2.75) is 37.0 Å². The van der Waals surface area contributed by atoms with Crippen LogP contribution in [0.1, 0.15) is 11.1 Å². The zero-order valence-electron chi connectivity index (χ0n) is 20.8. The molecule has 11 nitrogen and oxygen atoms in total. The third kappa shape index (κ3) is 8.15. The average Bonchev–Trinajstić information content (AvgIpc) is 3.33. The Morgan fingerprint density at radius 2 is 1.41 bits per heavy atom. The van der Waals surface area contributed by atoms with Crippen LogP contribution >= 0.6 is 25.3 Å². The molecule has 1 heterocycles. The Labute approximate surface area is 235 Å². The summed E-state index contributed by atoms with van der Waals surface area (Å²) in [6.45, 7) is 0. The van der Waals surface area contributed by atoms with Gasteiger partial charge in [-0.05, 0) is 35.7 Å². The number of carbonyl (C=O) groups is 4. The third-order valence-corrected chi connectivity index (χ3v) is 6.80. The quantitative estimate of drug-likeness (QED) is 0.132. The van der Waals surface area contributed by atoms with Gasteiger partial charge >= 0.3 is 5.97 Å². The minimum absolute atomic E-state index is 0.0497. The highest BCUT2D eigenvalue weighted by Gasteiger charge is 2.30. The second kappa shape index (κ2) is 13.9. The number of para-hydroxylation sites is 1. The van der Waals surface area contributed by atoms with Gasteiger partial charge in [0.05, 0.1) is 6.04 Å². The molecule has 3 amide bonds. The number of H-pyrrole nitrogens is 1. The van der Waals surface area contributed by atoms with Gasteiger partial charge < -0.3 is 36.9 Å². The molecule has 208 valence electrons. The number of benzene rings is 2. The van der Waals surface area contributed by atoms with Crippen molar-refractivity contribution < 1.29 is 29.4 Å². The minimum atomic E-state index is -1.27. The highest BCUT2D eigenvalue weighted by molar-refractivity contribution is 7.80. The number of aromatic amines is 1. The lowest BCUT2D eigenvalue weighted by Crippen LogP contribution is -2.58. The third-order valence-electron chi connectivity index (χ3n) is 6.07. The molecule has 1 aromatic heterocycles. The van der Waals surface area contributed by atoms with Gasteiger partial charge in [-0.15, -0.1) is 0 Å². The van der Waals surface area contributed by atoms with Crippen LogP contribution in [0.15, 0.2) is 54.7 Å². The first-order valence-corrected chi connectivity index (χ1v) is 13.3. The number of hydrogen-bond donors (Lipinski definition) is 9. The van der Waals surface area contributed by atoms with Crippen molar-refractivity contribution in [2.75, 3.05) is 11.5 Å². The molecule has 4 atom stereocenters. The maximum Gasteiger partial charge on any atom is 0.327 e. The Bertz CT molecular complexity index is 1320. The smallest absolute Gasteiger partial charge is 0.327 e. The normalized spacial score (nSPS) is 14.1. The number of thiol groups is 2. The van der Waals surface area contributed by atoms with Gasteiger partial charge in [0, 0.05) is 35.0 Å². The van der Waals surface area contributed by atoms with Crippen molar-refractivity contribution in [3.8, 4) is 5.75 Å². The predicted octanol–water partition coefficient (Wildman–Crippen LogP) is 0.385. The minimum Gasteiger partial charge on any atom is -0.508 e. The van der Waals surface area contributed by atoms with E-state index in [1.54, 1.807) is 18.3 Å². The van der Waals surface area contributed by atoms with Gasteiger partial charge in [0.1, 0.15) is 23.9 Å². The summed E-state index contributed by atoms with van der Waals surface area (Å²) in [6, 6.07) is 9.10. The van der Waals surface area contributed by atoms with Crippen LogP contribution in [0.4, 0.5) is 0 Å². The summed E-state index contributed by atoms with van der Waals surface area (Å²) in [5, 5.41) is 27.2. The average molecular weight is 574 g/mol. The van der Waals surface area contributed by atoms with Crippen LogP contribution in [0.5, 0.6) is 5.75 Å². The van der Waals surface area contributed by atoms with E-state index < -0.39 is 47.9 Å². The number of nitrogens with one attached hydrogen (secondary N) is 4. The monoisotopic (exact) mass is 573 g/mol. The molecule has 4 unspecified atom stereocenters. The zero-order chi connectivity index (χ0) is 28.5. The number of carboxylic acids is 1. The van der Waals surface area contributed by atoms with Gasteiger partial charge in [-0.1, -0.05) is 30.3 Å². The molecule has 0 bridgehead atoms. The summed E-state index contributed by atoms with van der Waals surface area (Å²) in [6.07, 6.45) is 1.93. The van der Waals surface area contributed by atoms with E-state index in [2.05, 4.69) is 46.2 Å². The fourth-order valence-electron chi connectivity index (χ4n) is 3.91. The van der Waals surface area contributed by atoms with Gasteiger partial charge in [0.2, 0.25) is 17.7 Å². The molecule has 3 aromatic rings. The first-order chi connectivity index (χ1) is 18.6. The molecule has 39 heavy (non-hydrogen) atoms. The van der Waals surface area contributed by atoms with Crippen LogP contribution in [0.25, 0.3) is 10.9 Å². The summed E-state index contributed by atoms with van der Waals surface area (Å²) >= 11 is 8.16. The number of carboxylic acid groups (broad SMARTS) is 1. The summed E-state index contributed by atoms with van der Waals surface area (Å²) in [4.78, 5) is 53.5. The maximum absolute atomic E-state index is 13.2. The van der Waals surface area contributed by atoms with E-state index in [4.69, 9.17) is 5.73 Å². The lowest BCUT2D eigenvalue weighted by atomic mass is 10.0. The topological polar surface area (TPSA) is 187 Å². The molecule has 0 radical (unpaired) electrons. The van der Waals surface area contributed by atoms with E-state index in [1.807, 2.05) is 24.3 Å². The number of carbonyl (C=O) groups excluding carboxylic acids is 3. The molecule has 13 heteroatoms. The Kier molecular flexibility index (Phi) is 10.7. The molecule has 0 fully saturated rings. The molecule has 0 aliphatic rings. The van der Waals surface area contributed by atoms with Crippen LogP contribution in [0.2, 0.25) is 0 Å². The van der Waals surface area contributed by atoms with Crippen molar-refractivity contribution in [3.05, 3.63) is 65.9 Å². The van der Waals surface area contributed by atoms with E-state index in [1.165, 1.54) is 12.1 Å². The van der Waals surface area contributed by atoms with E-state index in [9.17, 15) is 29.4 Å². The van der Waals surface area contributed by atoms with Crippen molar-refractivity contribution in [1.82, 2.24) is 20.9 Å². The highest BCUT2D eigenvalue weighted by atomic mass is 32.1. The Balaban J connectivity index is 1.73. The van der Waals surface area contributed by atoms with Gasteiger partial charge in [-0.2, -0.15) is 25.3 Å². The van der Waals surface area contributed by atoms with E-state index in [-0.39, 0.29) is 30.1 Å². The predicted molar refractivity (Wildman–Crippen MR) is 153 cm³/mol. The summed E-state index contributed by atoms with van der Waals surface area (Å²) in [5.74, 6) is -3.42. The van der Waals surface area contributed by atoms with E-state index >= 15 is 0 Å². The molecule has 8 N–H and O–H groups in total. The molecule has 0 spiro atoms. The van der Waals surface area contributed by atoms with Crippen LogP contribution in [0, 0.1) is 0 Å². The van der Waals surface area contributed by atoms with Crippen LogP contribution in [-0.2, 0) is 32.0 Å². The Hall–Kier alpha value is -3.68. The van der Waals surface area contributed by atoms with Gasteiger partial charge in [0.15, 0.2) is 0 Å². The van der Waals surface area contributed by atoms with E-state index in [0.29, 0.717) is 0 Å². The Morgan fingerprint density at radius 1 is 0.821 bits per heavy atom. The number of hydrogen-bond acceptors (Lipinski definition) is 8. The largest absolute Gasteiger partial charge is 0.508 e. The first kappa shape index (κ1) is 29.9. The van der Waals surface area contributed by atoms with Gasteiger partial charge in [-0.25, -0.2) is 4.79 Å². The molecule has 0 saturated carbocycles. The Morgan fingerprint density at radius 3 is 2.05 bits per heavy atom. The first-order valence-electron chi connectivity index (χ1n) is 12.1. The van der Waals surface area contributed by atoms with Gasteiger partial charge in [0.25, 0.3) is 0 Å². The molecule has 3 rings (SSSR count). The highest BCUT2D eigenvalue weighted by Crippen LogP contribution is 2.19. The molecular weight excluding hydrogens is 542 g/mol. The molecule has 2 aromatic carbocycles. The number of amides is 3. The van der Waals surface area contributed by atoms with E-state index in [0.717, 1.165) is 22.0 Å². The second-order valence-electron chi connectivity index (χ2n) is 8.93. The molecular formula is C26H31N5O6S2.